The molecule has 0 spiro atoms. The first-order chi connectivity index (χ1) is 9.80. The van der Waals surface area contributed by atoms with Gasteiger partial charge in [-0.05, 0) is 38.5 Å². The van der Waals surface area contributed by atoms with E-state index in [1.807, 2.05) is 0 Å². The Balaban J connectivity index is 2.37. The molecule has 0 saturated heterocycles. The van der Waals surface area contributed by atoms with Crippen LogP contribution in [0.4, 0.5) is 5.82 Å². The molecule has 0 aromatic carbocycles. The molecule has 1 aliphatic carbocycles. The highest BCUT2D eigenvalue weighted by Crippen LogP contribution is 2.27. The lowest BCUT2D eigenvalue weighted by Crippen LogP contribution is -2.14. The van der Waals surface area contributed by atoms with Crippen LogP contribution in [0.3, 0.4) is 0 Å². The summed E-state index contributed by atoms with van der Waals surface area (Å²) in [5, 5.41) is 3.49. The smallest absolute Gasteiger partial charge is 0.159 e. The fraction of sp³-hybridized carbons (Fsp3) is 0.750. The van der Waals surface area contributed by atoms with E-state index in [4.69, 9.17) is 14.7 Å². The van der Waals surface area contributed by atoms with Crippen molar-refractivity contribution in [2.75, 3.05) is 19.0 Å². The van der Waals surface area contributed by atoms with Crippen LogP contribution in [0.25, 0.3) is 0 Å². The standard InChI is InChI=1S/C16H27N3O/c1-4-11-17-15-12-9-7-6-8-10-13(12)18-16(19-15)14(5-2)20-3/h14H,4-11H2,1-3H3,(H,17,18,19). The van der Waals surface area contributed by atoms with Gasteiger partial charge in [0, 0.05) is 24.9 Å². The number of anilines is 1. The Hall–Kier alpha value is -1.16. The van der Waals surface area contributed by atoms with E-state index >= 15 is 0 Å². The van der Waals surface area contributed by atoms with Crippen LogP contribution in [0.2, 0.25) is 0 Å². The van der Waals surface area contributed by atoms with Crippen LogP contribution in [0.5, 0.6) is 0 Å². The van der Waals surface area contributed by atoms with Gasteiger partial charge < -0.3 is 10.1 Å². The lowest BCUT2D eigenvalue weighted by molar-refractivity contribution is 0.0924. The van der Waals surface area contributed by atoms with Crippen LogP contribution in [0, 0.1) is 0 Å². The number of hydrogen-bond donors (Lipinski definition) is 1. The second kappa shape index (κ2) is 7.58. The van der Waals surface area contributed by atoms with Crippen LogP contribution < -0.4 is 5.32 Å². The summed E-state index contributed by atoms with van der Waals surface area (Å²) in [7, 11) is 1.74. The second-order valence-electron chi connectivity index (χ2n) is 5.48. The van der Waals surface area contributed by atoms with Gasteiger partial charge in [0.2, 0.25) is 0 Å². The van der Waals surface area contributed by atoms with E-state index in [1.165, 1.54) is 30.5 Å². The predicted molar refractivity (Wildman–Crippen MR) is 82.1 cm³/mol. The zero-order valence-corrected chi connectivity index (χ0v) is 13.0. The first kappa shape index (κ1) is 15.2. The molecule has 2 rings (SSSR count). The summed E-state index contributed by atoms with van der Waals surface area (Å²) in [5.41, 5.74) is 2.58. The number of methoxy groups -OCH3 is 1. The van der Waals surface area contributed by atoms with Crippen molar-refractivity contribution >= 4 is 5.82 Å². The maximum absolute atomic E-state index is 5.51. The van der Waals surface area contributed by atoms with E-state index < -0.39 is 0 Å². The number of aromatic nitrogens is 2. The Bertz CT molecular complexity index is 430. The highest BCUT2D eigenvalue weighted by atomic mass is 16.5. The average Bonchev–Trinajstić information content (AvgIpc) is 2.71. The maximum atomic E-state index is 5.51. The Morgan fingerprint density at radius 1 is 1.15 bits per heavy atom. The van der Waals surface area contributed by atoms with Crippen molar-refractivity contribution in [3.8, 4) is 0 Å². The number of nitrogens with one attached hydrogen (secondary N) is 1. The van der Waals surface area contributed by atoms with Gasteiger partial charge in [-0.1, -0.05) is 20.3 Å². The fourth-order valence-electron chi connectivity index (χ4n) is 2.78. The van der Waals surface area contributed by atoms with Crippen molar-refractivity contribution in [1.29, 1.82) is 0 Å². The van der Waals surface area contributed by atoms with Gasteiger partial charge in [0.15, 0.2) is 5.82 Å². The molecule has 1 aromatic heterocycles. The van der Waals surface area contributed by atoms with E-state index in [-0.39, 0.29) is 6.10 Å². The summed E-state index contributed by atoms with van der Waals surface area (Å²) in [6.07, 6.45) is 7.97. The molecule has 0 saturated carbocycles. The quantitative estimate of drug-likeness (QED) is 0.806. The van der Waals surface area contributed by atoms with Gasteiger partial charge in [0.25, 0.3) is 0 Å². The maximum Gasteiger partial charge on any atom is 0.159 e. The molecule has 0 amide bonds. The molecule has 4 heteroatoms. The zero-order chi connectivity index (χ0) is 14.4. The molecule has 1 aromatic rings. The largest absolute Gasteiger partial charge is 0.373 e. The molecule has 1 atom stereocenters. The van der Waals surface area contributed by atoms with Gasteiger partial charge in [0.1, 0.15) is 11.9 Å². The van der Waals surface area contributed by atoms with Crippen molar-refractivity contribution in [1.82, 2.24) is 9.97 Å². The van der Waals surface area contributed by atoms with Crippen LogP contribution in [-0.4, -0.2) is 23.6 Å². The highest BCUT2D eigenvalue weighted by molar-refractivity contribution is 5.47. The summed E-state index contributed by atoms with van der Waals surface area (Å²) in [6, 6.07) is 0. The molecule has 1 N–H and O–H groups in total. The monoisotopic (exact) mass is 277 g/mol. The molecule has 0 fully saturated rings. The van der Waals surface area contributed by atoms with E-state index in [2.05, 4.69) is 19.2 Å². The van der Waals surface area contributed by atoms with Crippen molar-refractivity contribution in [2.24, 2.45) is 0 Å². The number of rotatable bonds is 6. The van der Waals surface area contributed by atoms with Gasteiger partial charge in [0.05, 0.1) is 0 Å². The predicted octanol–water partition coefficient (Wildman–Crippen LogP) is 3.66. The minimum absolute atomic E-state index is 0.00531. The zero-order valence-electron chi connectivity index (χ0n) is 13.0. The summed E-state index contributed by atoms with van der Waals surface area (Å²) in [4.78, 5) is 9.57. The summed E-state index contributed by atoms with van der Waals surface area (Å²) >= 11 is 0. The third kappa shape index (κ3) is 3.48. The first-order valence-corrected chi connectivity index (χ1v) is 7.96. The molecule has 20 heavy (non-hydrogen) atoms. The summed E-state index contributed by atoms with van der Waals surface area (Å²) < 4.78 is 5.51. The molecule has 1 aliphatic rings. The first-order valence-electron chi connectivity index (χ1n) is 7.96. The molecular formula is C16H27N3O. The van der Waals surface area contributed by atoms with Crippen molar-refractivity contribution in [3.63, 3.8) is 0 Å². The Morgan fingerprint density at radius 3 is 2.65 bits per heavy atom. The second-order valence-corrected chi connectivity index (χ2v) is 5.48. The van der Waals surface area contributed by atoms with Gasteiger partial charge in [-0.3, -0.25) is 0 Å². The van der Waals surface area contributed by atoms with Crippen molar-refractivity contribution in [3.05, 3.63) is 17.1 Å². The van der Waals surface area contributed by atoms with E-state index in [0.29, 0.717) is 0 Å². The average molecular weight is 277 g/mol. The Morgan fingerprint density at radius 2 is 1.95 bits per heavy atom. The Labute approximate surface area is 122 Å². The number of fused-ring (bicyclic) bond motifs is 1. The molecule has 1 heterocycles. The topological polar surface area (TPSA) is 47.0 Å². The SMILES string of the molecule is CCCNc1nc(C(CC)OC)nc2c1CCCCC2. The summed E-state index contributed by atoms with van der Waals surface area (Å²) in [5.74, 6) is 1.89. The van der Waals surface area contributed by atoms with Crippen molar-refractivity contribution < 1.29 is 4.74 Å². The van der Waals surface area contributed by atoms with E-state index in [1.54, 1.807) is 7.11 Å². The third-order valence-corrected chi connectivity index (χ3v) is 3.94. The molecule has 112 valence electrons. The lowest BCUT2D eigenvalue weighted by Gasteiger charge is -2.18. The fourth-order valence-corrected chi connectivity index (χ4v) is 2.78. The normalized spacial score (nSPS) is 16.4. The molecule has 1 unspecified atom stereocenters. The third-order valence-electron chi connectivity index (χ3n) is 3.94. The molecule has 4 nitrogen and oxygen atoms in total. The van der Waals surface area contributed by atoms with Crippen LogP contribution in [0.1, 0.15) is 69.1 Å². The molecular weight excluding hydrogens is 250 g/mol. The van der Waals surface area contributed by atoms with Gasteiger partial charge in [-0.2, -0.15) is 0 Å². The van der Waals surface area contributed by atoms with Crippen LogP contribution in [0.15, 0.2) is 0 Å². The summed E-state index contributed by atoms with van der Waals surface area (Å²) in [6.45, 7) is 5.26. The number of nitrogens with zero attached hydrogens (tertiary/aromatic N) is 2. The highest BCUT2D eigenvalue weighted by Gasteiger charge is 2.20. The number of ether oxygens (including phenoxy) is 1. The number of aryl methyl sites for hydroxylation is 1. The minimum atomic E-state index is 0.00531. The van der Waals surface area contributed by atoms with Gasteiger partial charge in [-0.25, -0.2) is 9.97 Å². The minimum Gasteiger partial charge on any atom is -0.373 e. The van der Waals surface area contributed by atoms with E-state index in [0.717, 1.165) is 43.9 Å². The molecule has 0 radical (unpaired) electrons. The van der Waals surface area contributed by atoms with Crippen molar-refractivity contribution in [2.45, 2.75) is 64.9 Å². The van der Waals surface area contributed by atoms with Crippen LogP contribution >= 0.6 is 0 Å². The van der Waals surface area contributed by atoms with E-state index in [9.17, 15) is 0 Å². The lowest BCUT2D eigenvalue weighted by atomic mass is 10.1. The van der Waals surface area contributed by atoms with Crippen LogP contribution in [-0.2, 0) is 17.6 Å². The molecule has 0 aliphatic heterocycles. The Kier molecular flexibility index (Phi) is 5.77. The number of hydrogen-bond acceptors (Lipinski definition) is 4. The molecule has 0 bridgehead atoms. The van der Waals surface area contributed by atoms with Gasteiger partial charge in [-0.15, -0.1) is 0 Å². The van der Waals surface area contributed by atoms with Gasteiger partial charge >= 0.3 is 0 Å².